The van der Waals surface area contributed by atoms with Crippen LogP contribution in [0.5, 0.6) is 11.5 Å². The summed E-state index contributed by atoms with van der Waals surface area (Å²) >= 11 is 0. The molecule has 0 heterocycles. The van der Waals surface area contributed by atoms with Gasteiger partial charge in [0.05, 0.1) is 0 Å². The lowest BCUT2D eigenvalue weighted by Gasteiger charge is -2.13. The van der Waals surface area contributed by atoms with Crippen molar-refractivity contribution >= 4 is 0 Å². The molecule has 2 heteroatoms. The van der Waals surface area contributed by atoms with Crippen molar-refractivity contribution in [3.8, 4) is 22.6 Å². The van der Waals surface area contributed by atoms with Gasteiger partial charge >= 0.3 is 0 Å². The maximum absolute atomic E-state index is 9.98. The number of hydrogen-bond acceptors (Lipinski definition) is 2. The topological polar surface area (TPSA) is 40.5 Å². The monoisotopic (exact) mass is 228 g/mol. The van der Waals surface area contributed by atoms with Gasteiger partial charge in [-0.1, -0.05) is 29.8 Å². The fourth-order valence-electron chi connectivity index (χ4n) is 2.05. The standard InChI is InChI=1S/C15H16O2/c1-9-5-4-6-12(7-9)15-11(3)10(2)13(16)8-14(15)17/h4-8,16-17H,1-3H3. The molecule has 0 aliphatic rings. The lowest BCUT2D eigenvalue weighted by atomic mass is 9.94. The predicted octanol–water partition coefficient (Wildman–Crippen LogP) is 3.69. The van der Waals surface area contributed by atoms with Crippen LogP contribution in [0.1, 0.15) is 16.7 Å². The summed E-state index contributed by atoms with van der Waals surface area (Å²) in [5.74, 6) is 0.257. The predicted molar refractivity (Wildman–Crippen MR) is 69.4 cm³/mol. The lowest BCUT2D eigenvalue weighted by Crippen LogP contribution is -1.90. The lowest BCUT2D eigenvalue weighted by molar-refractivity contribution is 0.448. The minimum atomic E-state index is 0.121. The molecule has 0 atom stereocenters. The van der Waals surface area contributed by atoms with E-state index < -0.39 is 0 Å². The third-order valence-electron chi connectivity index (χ3n) is 3.16. The van der Waals surface area contributed by atoms with Crippen LogP contribution >= 0.6 is 0 Å². The summed E-state index contributed by atoms with van der Waals surface area (Å²) in [7, 11) is 0. The summed E-state index contributed by atoms with van der Waals surface area (Å²) in [5.41, 5.74) is 4.63. The van der Waals surface area contributed by atoms with Gasteiger partial charge in [0, 0.05) is 11.6 Å². The molecule has 0 saturated carbocycles. The van der Waals surface area contributed by atoms with E-state index in [1.807, 2.05) is 45.0 Å². The average molecular weight is 228 g/mol. The van der Waals surface area contributed by atoms with Crippen molar-refractivity contribution in [2.45, 2.75) is 20.8 Å². The normalized spacial score (nSPS) is 10.5. The largest absolute Gasteiger partial charge is 0.508 e. The smallest absolute Gasteiger partial charge is 0.127 e. The zero-order valence-electron chi connectivity index (χ0n) is 10.3. The Kier molecular flexibility index (Phi) is 2.80. The van der Waals surface area contributed by atoms with Gasteiger partial charge in [-0.25, -0.2) is 0 Å². The van der Waals surface area contributed by atoms with E-state index in [-0.39, 0.29) is 11.5 Å². The van der Waals surface area contributed by atoms with Crippen molar-refractivity contribution in [3.05, 3.63) is 47.0 Å². The highest BCUT2D eigenvalue weighted by Crippen LogP contribution is 2.38. The Morgan fingerprint density at radius 2 is 1.53 bits per heavy atom. The van der Waals surface area contributed by atoms with Gasteiger partial charge in [0.1, 0.15) is 11.5 Å². The summed E-state index contributed by atoms with van der Waals surface area (Å²) in [4.78, 5) is 0. The third-order valence-corrected chi connectivity index (χ3v) is 3.16. The van der Waals surface area contributed by atoms with E-state index in [4.69, 9.17) is 0 Å². The van der Waals surface area contributed by atoms with Crippen molar-refractivity contribution in [2.75, 3.05) is 0 Å². The molecule has 2 aromatic carbocycles. The van der Waals surface area contributed by atoms with Gasteiger partial charge in [0.2, 0.25) is 0 Å². The van der Waals surface area contributed by atoms with Crippen molar-refractivity contribution in [1.29, 1.82) is 0 Å². The summed E-state index contributed by atoms with van der Waals surface area (Å²) in [5, 5.41) is 19.6. The van der Waals surface area contributed by atoms with E-state index in [9.17, 15) is 10.2 Å². The zero-order valence-corrected chi connectivity index (χ0v) is 10.3. The number of phenols is 2. The molecule has 0 aromatic heterocycles. The Morgan fingerprint density at radius 3 is 2.18 bits per heavy atom. The van der Waals surface area contributed by atoms with Crippen LogP contribution in [0.25, 0.3) is 11.1 Å². The Morgan fingerprint density at radius 1 is 0.824 bits per heavy atom. The summed E-state index contributed by atoms with van der Waals surface area (Å²) in [6.45, 7) is 5.78. The molecule has 2 N–H and O–H groups in total. The summed E-state index contributed by atoms with van der Waals surface area (Å²) in [6.07, 6.45) is 0. The Bertz CT molecular complexity index is 571. The molecule has 0 amide bonds. The molecule has 2 rings (SSSR count). The van der Waals surface area contributed by atoms with Gasteiger partial charge in [-0.2, -0.15) is 0 Å². The fraction of sp³-hybridized carbons (Fsp3) is 0.200. The van der Waals surface area contributed by atoms with Crippen LogP contribution in [0.3, 0.4) is 0 Å². The molecular formula is C15H16O2. The molecular weight excluding hydrogens is 212 g/mol. The molecule has 0 spiro atoms. The quantitative estimate of drug-likeness (QED) is 0.781. The average Bonchev–Trinajstić information content (AvgIpc) is 2.26. The van der Waals surface area contributed by atoms with Crippen LogP contribution in [0.15, 0.2) is 30.3 Å². The first-order valence-electron chi connectivity index (χ1n) is 5.60. The first kappa shape index (κ1) is 11.5. The van der Waals surface area contributed by atoms with Crippen molar-refractivity contribution < 1.29 is 10.2 Å². The maximum atomic E-state index is 9.98. The molecule has 0 saturated heterocycles. The number of aromatic hydroxyl groups is 2. The highest BCUT2D eigenvalue weighted by atomic mass is 16.3. The number of rotatable bonds is 1. The first-order valence-corrected chi connectivity index (χ1v) is 5.60. The molecule has 88 valence electrons. The van der Waals surface area contributed by atoms with E-state index in [1.54, 1.807) is 0 Å². The first-order chi connectivity index (χ1) is 8.00. The van der Waals surface area contributed by atoms with Crippen LogP contribution in [0, 0.1) is 20.8 Å². The van der Waals surface area contributed by atoms with Gasteiger partial charge in [-0.15, -0.1) is 0 Å². The highest BCUT2D eigenvalue weighted by Gasteiger charge is 2.13. The number of aryl methyl sites for hydroxylation is 1. The minimum Gasteiger partial charge on any atom is -0.508 e. The van der Waals surface area contributed by atoms with Crippen molar-refractivity contribution in [1.82, 2.24) is 0 Å². The molecule has 0 unspecified atom stereocenters. The summed E-state index contributed by atoms with van der Waals surface area (Å²) < 4.78 is 0. The molecule has 0 aliphatic heterocycles. The van der Waals surface area contributed by atoms with Crippen LogP contribution in [-0.4, -0.2) is 10.2 Å². The maximum Gasteiger partial charge on any atom is 0.127 e. The van der Waals surface area contributed by atoms with Crippen LogP contribution in [-0.2, 0) is 0 Å². The number of hydrogen-bond donors (Lipinski definition) is 2. The SMILES string of the molecule is Cc1cccc(-c2c(O)cc(O)c(C)c2C)c1. The molecule has 2 nitrogen and oxygen atoms in total. The number of benzene rings is 2. The van der Waals surface area contributed by atoms with E-state index in [0.717, 1.165) is 27.8 Å². The van der Waals surface area contributed by atoms with Gasteiger partial charge in [-0.05, 0) is 37.5 Å². The molecule has 2 aromatic rings. The second kappa shape index (κ2) is 4.13. The van der Waals surface area contributed by atoms with Gasteiger partial charge in [0.25, 0.3) is 0 Å². The third kappa shape index (κ3) is 1.98. The molecule has 0 fully saturated rings. The van der Waals surface area contributed by atoms with E-state index in [1.165, 1.54) is 6.07 Å². The number of phenolic OH excluding ortho intramolecular Hbond substituents is 2. The van der Waals surface area contributed by atoms with E-state index in [0.29, 0.717) is 0 Å². The van der Waals surface area contributed by atoms with Gasteiger partial charge in [0.15, 0.2) is 0 Å². The molecule has 17 heavy (non-hydrogen) atoms. The minimum absolute atomic E-state index is 0.121. The van der Waals surface area contributed by atoms with Gasteiger partial charge in [-0.3, -0.25) is 0 Å². The van der Waals surface area contributed by atoms with Crippen molar-refractivity contribution in [3.63, 3.8) is 0 Å². The Hall–Kier alpha value is -1.96. The van der Waals surface area contributed by atoms with Crippen LogP contribution < -0.4 is 0 Å². The second-order valence-electron chi connectivity index (χ2n) is 4.41. The van der Waals surface area contributed by atoms with Crippen LogP contribution in [0.2, 0.25) is 0 Å². The van der Waals surface area contributed by atoms with Gasteiger partial charge < -0.3 is 10.2 Å². The second-order valence-corrected chi connectivity index (χ2v) is 4.41. The molecule has 0 bridgehead atoms. The Labute approximate surface area is 101 Å². The zero-order chi connectivity index (χ0) is 12.6. The molecule has 0 radical (unpaired) electrons. The molecule has 0 aliphatic carbocycles. The summed E-state index contributed by atoms with van der Waals surface area (Å²) in [6, 6.07) is 9.37. The van der Waals surface area contributed by atoms with Crippen LogP contribution in [0.4, 0.5) is 0 Å². The van der Waals surface area contributed by atoms with Crippen molar-refractivity contribution in [2.24, 2.45) is 0 Å². The fourth-order valence-corrected chi connectivity index (χ4v) is 2.05. The van der Waals surface area contributed by atoms with E-state index >= 15 is 0 Å². The van der Waals surface area contributed by atoms with E-state index in [2.05, 4.69) is 0 Å². The highest BCUT2D eigenvalue weighted by molar-refractivity contribution is 5.76. The Balaban J connectivity index is 2.72.